The summed E-state index contributed by atoms with van der Waals surface area (Å²) in [5, 5.41) is 0. The summed E-state index contributed by atoms with van der Waals surface area (Å²) in [5.41, 5.74) is 5.78. The van der Waals surface area contributed by atoms with E-state index in [-0.39, 0.29) is 0 Å². The Hall–Kier alpha value is -0.0400. The zero-order chi connectivity index (χ0) is 7.16. The summed E-state index contributed by atoms with van der Waals surface area (Å²) in [6.07, 6.45) is 3.10. The topological polar surface area (TPSA) is 26.0 Å². The van der Waals surface area contributed by atoms with Gasteiger partial charge in [-0.15, -0.1) is 0 Å². The molecule has 5 aliphatic carbocycles. The molecule has 5 aliphatic rings. The van der Waals surface area contributed by atoms with Gasteiger partial charge in [-0.1, -0.05) is 0 Å². The molecule has 5 fully saturated rings. The molecule has 0 aliphatic heterocycles. The Morgan fingerprint density at radius 2 is 1.73 bits per heavy atom. The lowest BCUT2D eigenvalue weighted by atomic mass is 9.88. The van der Waals surface area contributed by atoms with Crippen LogP contribution in [-0.4, -0.2) is 6.54 Å². The van der Waals surface area contributed by atoms with Crippen LogP contribution in [-0.2, 0) is 0 Å². The Bertz CT molecular complexity index is 225. The Morgan fingerprint density at radius 3 is 2.27 bits per heavy atom. The number of nitrogens with two attached hydrogens (primary N) is 1. The van der Waals surface area contributed by atoms with E-state index < -0.39 is 0 Å². The molecule has 0 heterocycles. The molecule has 2 N–H and O–H groups in total. The second kappa shape index (κ2) is 1.39. The molecule has 0 aromatic heterocycles. The fourth-order valence-electron chi connectivity index (χ4n) is 5.15. The maximum Gasteiger partial charge on any atom is -0.00459 e. The molecule has 0 saturated heterocycles. The van der Waals surface area contributed by atoms with E-state index in [1.54, 1.807) is 6.42 Å². The summed E-state index contributed by atoms with van der Waals surface area (Å²) < 4.78 is 0. The SMILES string of the molecule is NCC1CC2C3CC4C2C4C13. The Labute approximate surface area is 67.3 Å². The van der Waals surface area contributed by atoms with E-state index in [1.807, 2.05) is 0 Å². The summed E-state index contributed by atoms with van der Waals surface area (Å²) in [6, 6.07) is 0. The Balaban J connectivity index is 1.80. The van der Waals surface area contributed by atoms with Gasteiger partial charge >= 0.3 is 0 Å². The molecule has 0 spiro atoms. The predicted octanol–water partition coefficient (Wildman–Crippen LogP) is 1.09. The van der Waals surface area contributed by atoms with Crippen molar-refractivity contribution in [1.82, 2.24) is 0 Å². The molecule has 1 nitrogen and oxygen atoms in total. The molecule has 5 rings (SSSR count). The van der Waals surface area contributed by atoms with Crippen LogP contribution in [0, 0.1) is 41.4 Å². The van der Waals surface area contributed by atoms with Crippen LogP contribution in [0.2, 0.25) is 0 Å². The van der Waals surface area contributed by atoms with Crippen LogP contribution in [0.4, 0.5) is 0 Å². The monoisotopic (exact) mass is 149 g/mol. The first-order chi connectivity index (χ1) is 5.42. The lowest BCUT2D eigenvalue weighted by Crippen LogP contribution is -2.22. The number of rotatable bonds is 1. The molecule has 11 heavy (non-hydrogen) atoms. The standard InChI is InChI=1S/C10H15N/c11-3-4-1-5-6-2-7-9(5)10(7)8(4)6/h4-10H,1-3,11H2. The molecule has 0 aromatic carbocycles. The molecule has 0 amide bonds. The van der Waals surface area contributed by atoms with Crippen LogP contribution in [0.25, 0.3) is 0 Å². The highest BCUT2D eigenvalue weighted by Crippen LogP contribution is 2.81. The number of hydrogen-bond donors (Lipinski definition) is 1. The van der Waals surface area contributed by atoms with Crippen LogP contribution in [0.15, 0.2) is 0 Å². The molecule has 0 radical (unpaired) electrons. The van der Waals surface area contributed by atoms with E-state index in [2.05, 4.69) is 0 Å². The lowest BCUT2D eigenvalue weighted by molar-refractivity contribution is 0.317. The zero-order valence-electron chi connectivity index (χ0n) is 6.74. The van der Waals surface area contributed by atoms with Crippen LogP contribution < -0.4 is 5.73 Å². The van der Waals surface area contributed by atoms with Crippen molar-refractivity contribution >= 4 is 0 Å². The van der Waals surface area contributed by atoms with E-state index >= 15 is 0 Å². The van der Waals surface area contributed by atoms with Crippen LogP contribution in [0.5, 0.6) is 0 Å². The zero-order valence-corrected chi connectivity index (χ0v) is 6.74. The summed E-state index contributed by atoms with van der Waals surface area (Å²) in [5.74, 6) is 7.97. The second-order valence-electron chi connectivity index (χ2n) is 5.19. The van der Waals surface area contributed by atoms with Crippen molar-refractivity contribution in [2.75, 3.05) is 6.54 Å². The minimum atomic E-state index is 0.943. The van der Waals surface area contributed by atoms with Gasteiger partial charge in [-0.05, 0) is 60.8 Å². The molecule has 6 bridgehead atoms. The molecule has 0 aromatic rings. The van der Waals surface area contributed by atoms with Gasteiger partial charge in [-0.3, -0.25) is 0 Å². The van der Waals surface area contributed by atoms with Crippen molar-refractivity contribution in [3.8, 4) is 0 Å². The quantitative estimate of drug-likeness (QED) is 0.593. The molecular weight excluding hydrogens is 134 g/mol. The molecule has 7 unspecified atom stereocenters. The van der Waals surface area contributed by atoms with Crippen molar-refractivity contribution in [2.45, 2.75) is 12.8 Å². The van der Waals surface area contributed by atoms with Crippen molar-refractivity contribution in [1.29, 1.82) is 0 Å². The van der Waals surface area contributed by atoms with Gasteiger partial charge in [0, 0.05) is 0 Å². The van der Waals surface area contributed by atoms with Gasteiger partial charge in [0.15, 0.2) is 0 Å². The van der Waals surface area contributed by atoms with Crippen LogP contribution in [0.3, 0.4) is 0 Å². The van der Waals surface area contributed by atoms with Crippen LogP contribution >= 0.6 is 0 Å². The van der Waals surface area contributed by atoms with Crippen molar-refractivity contribution < 1.29 is 0 Å². The maximum atomic E-state index is 5.78. The average molecular weight is 149 g/mol. The van der Waals surface area contributed by atoms with Gasteiger partial charge < -0.3 is 5.73 Å². The Kier molecular flexibility index (Phi) is 0.706. The van der Waals surface area contributed by atoms with Gasteiger partial charge in [0.05, 0.1) is 0 Å². The van der Waals surface area contributed by atoms with E-state index in [0.717, 1.165) is 30.2 Å². The smallest absolute Gasteiger partial charge is 0.00459 e. The van der Waals surface area contributed by atoms with Crippen molar-refractivity contribution in [3.05, 3.63) is 0 Å². The Morgan fingerprint density at radius 1 is 0.909 bits per heavy atom. The minimum absolute atomic E-state index is 0.943. The fraction of sp³-hybridized carbons (Fsp3) is 1.00. The van der Waals surface area contributed by atoms with Crippen molar-refractivity contribution in [2.24, 2.45) is 47.2 Å². The molecule has 1 heteroatoms. The van der Waals surface area contributed by atoms with E-state index in [0.29, 0.717) is 0 Å². The number of hydrogen-bond acceptors (Lipinski definition) is 1. The van der Waals surface area contributed by atoms with E-state index in [9.17, 15) is 0 Å². The third kappa shape index (κ3) is 0.395. The molecule has 60 valence electrons. The first kappa shape index (κ1) is 5.58. The van der Waals surface area contributed by atoms with E-state index in [1.165, 1.54) is 24.2 Å². The predicted molar refractivity (Wildman–Crippen MR) is 42.7 cm³/mol. The minimum Gasteiger partial charge on any atom is -0.330 e. The van der Waals surface area contributed by atoms with Gasteiger partial charge in [-0.25, -0.2) is 0 Å². The average Bonchev–Trinajstić information content (AvgIpc) is 2.41. The van der Waals surface area contributed by atoms with Gasteiger partial charge in [0.1, 0.15) is 0 Å². The second-order valence-corrected chi connectivity index (χ2v) is 5.19. The fourth-order valence-corrected chi connectivity index (χ4v) is 5.15. The normalized spacial score (nSPS) is 74.5. The molecular formula is C10H15N. The highest BCUT2D eigenvalue weighted by atomic mass is 14.8. The molecule has 5 saturated carbocycles. The van der Waals surface area contributed by atoms with Gasteiger partial charge in [0.25, 0.3) is 0 Å². The van der Waals surface area contributed by atoms with Gasteiger partial charge in [0.2, 0.25) is 0 Å². The summed E-state index contributed by atoms with van der Waals surface area (Å²) in [7, 11) is 0. The summed E-state index contributed by atoms with van der Waals surface area (Å²) >= 11 is 0. The first-order valence-corrected chi connectivity index (χ1v) is 5.12. The lowest BCUT2D eigenvalue weighted by Gasteiger charge is -2.18. The molecule has 7 atom stereocenters. The third-order valence-corrected chi connectivity index (χ3v) is 5.24. The largest absolute Gasteiger partial charge is 0.330 e. The summed E-state index contributed by atoms with van der Waals surface area (Å²) in [6.45, 7) is 0.980. The van der Waals surface area contributed by atoms with Crippen molar-refractivity contribution in [3.63, 3.8) is 0 Å². The maximum absolute atomic E-state index is 5.78. The highest BCUT2D eigenvalue weighted by molar-refractivity contribution is 5.24. The van der Waals surface area contributed by atoms with E-state index in [4.69, 9.17) is 5.73 Å². The first-order valence-electron chi connectivity index (χ1n) is 5.12. The third-order valence-electron chi connectivity index (χ3n) is 5.24. The van der Waals surface area contributed by atoms with Gasteiger partial charge in [-0.2, -0.15) is 0 Å². The summed E-state index contributed by atoms with van der Waals surface area (Å²) in [4.78, 5) is 0. The van der Waals surface area contributed by atoms with Crippen LogP contribution in [0.1, 0.15) is 12.8 Å². The highest BCUT2D eigenvalue weighted by Gasteiger charge is 2.77.